The van der Waals surface area contributed by atoms with Crippen LogP contribution in [0.15, 0.2) is 53.6 Å². The van der Waals surface area contributed by atoms with Crippen molar-refractivity contribution in [2.24, 2.45) is 10.8 Å². The zero-order valence-electron chi connectivity index (χ0n) is 17.1. The molecule has 0 fully saturated rings. The smallest absolute Gasteiger partial charge is 0.187 e. The number of nitrogens with zero attached hydrogens (tertiary/aromatic N) is 3. The second-order valence-electron chi connectivity index (χ2n) is 6.71. The van der Waals surface area contributed by atoms with E-state index in [1.54, 1.807) is 11.2 Å². The van der Waals surface area contributed by atoms with E-state index in [1.807, 2.05) is 50.2 Å². The van der Waals surface area contributed by atoms with E-state index in [4.69, 9.17) is 22.7 Å². The number of hydrogen-bond acceptors (Lipinski definition) is 4. The van der Waals surface area contributed by atoms with Gasteiger partial charge in [0.05, 0.1) is 18.9 Å². The quantitative estimate of drug-likeness (QED) is 0.385. The monoisotopic (exact) mass is 398 g/mol. The Morgan fingerprint density at radius 1 is 1.07 bits per heavy atom. The van der Waals surface area contributed by atoms with E-state index in [9.17, 15) is 0 Å². The van der Waals surface area contributed by atoms with Gasteiger partial charge in [0.2, 0.25) is 0 Å². The largest absolute Gasteiger partial charge is 0.491 e. The van der Waals surface area contributed by atoms with Crippen LogP contribution in [0.4, 0.5) is 5.69 Å². The number of hydrogen-bond donors (Lipinski definition) is 1. The van der Waals surface area contributed by atoms with Crippen LogP contribution in [0.1, 0.15) is 38.8 Å². The average Bonchev–Trinajstić information content (AvgIpc) is 2.67. The fourth-order valence-corrected chi connectivity index (χ4v) is 2.90. The summed E-state index contributed by atoms with van der Waals surface area (Å²) in [6.07, 6.45) is 1.93. The summed E-state index contributed by atoms with van der Waals surface area (Å²) in [4.78, 5) is 2.30. The first-order valence-electron chi connectivity index (χ1n) is 9.64. The average molecular weight is 399 g/mol. The highest BCUT2D eigenvalue weighted by atomic mass is 32.1. The molecule has 28 heavy (non-hydrogen) atoms. The Bertz CT molecular complexity index is 768. The van der Waals surface area contributed by atoms with Gasteiger partial charge in [-0.1, -0.05) is 24.3 Å². The van der Waals surface area contributed by atoms with E-state index in [-0.39, 0.29) is 11.2 Å². The third-order valence-corrected chi connectivity index (χ3v) is 4.46. The number of thiocarbonyl (C=S) groups is 1. The van der Waals surface area contributed by atoms with Crippen molar-refractivity contribution in [3.05, 3.63) is 59.7 Å². The van der Waals surface area contributed by atoms with Crippen LogP contribution in [-0.4, -0.2) is 35.5 Å². The van der Waals surface area contributed by atoms with Gasteiger partial charge in [-0.15, -0.1) is 0 Å². The van der Waals surface area contributed by atoms with Gasteiger partial charge in [0.1, 0.15) is 5.75 Å². The fraction of sp³-hybridized carbons (Fsp3) is 0.364. The number of benzene rings is 2. The van der Waals surface area contributed by atoms with Gasteiger partial charge in [0.15, 0.2) is 5.11 Å². The third-order valence-electron chi connectivity index (χ3n) is 4.25. The van der Waals surface area contributed by atoms with Crippen molar-refractivity contribution in [2.75, 3.05) is 18.0 Å². The summed E-state index contributed by atoms with van der Waals surface area (Å²) in [7, 11) is 0. The van der Waals surface area contributed by atoms with E-state index in [0.717, 1.165) is 30.0 Å². The number of rotatable bonds is 9. The first-order valence-corrected chi connectivity index (χ1v) is 10.0. The second kappa shape index (κ2) is 10.7. The lowest BCUT2D eigenvalue weighted by molar-refractivity contribution is 0.242. The van der Waals surface area contributed by atoms with Crippen molar-refractivity contribution < 1.29 is 4.74 Å². The summed E-state index contributed by atoms with van der Waals surface area (Å²) in [5.41, 5.74) is 9.11. The zero-order valence-corrected chi connectivity index (χ0v) is 17.9. The van der Waals surface area contributed by atoms with Crippen LogP contribution < -0.4 is 15.4 Å². The van der Waals surface area contributed by atoms with Gasteiger partial charge in [-0.2, -0.15) is 5.10 Å². The molecule has 2 N–H and O–H groups in total. The third kappa shape index (κ3) is 6.53. The standard InChI is InChI=1S/C22H30N4OS/c1-5-25(6-2)20-11-7-18(8-12-20)15-24-26(22(23)28)16-19-9-13-21(14-10-19)27-17(3)4/h7-15,17H,5-6,16H2,1-4H3,(H2,23,28)/b24-15+. The summed E-state index contributed by atoms with van der Waals surface area (Å²) in [6, 6.07) is 16.2. The highest BCUT2D eigenvalue weighted by Crippen LogP contribution is 2.16. The maximum atomic E-state index is 5.86. The molecule has 0 aliphatic carbocycles. The summed E-state index contributed by atoms with van der Waals surface area (Å²) in [6.45, 7) is 10.8. The summed E-state index contributed by atoms with van der Waals surface area (Å²) in [5.74, 6) is 0.845. The van der Waals surface area contributed by atoms with Crippen molar-refractivity contribution >= 4 is 29.2 Å². The highest BCUT2D eigenvalue weighted by molar-refractivity contribution is 7.80. The van der Waals surface area contributed by atoms with Crippen molar-refractivity contribution in [2.45, 2.75) is 40.3 Å². The van der Waals surface area contributed by atoms with E-state index < -0.39 is 0 Å². The molecular weight excluding hydrogens is 368 g/mol. The minimum absolute atomic E-state index is 0.150. The predicted octanol–water partition coefficient (Wildman–Crippen LogP) is 4.40. The van der Waals surface area contributed by atoms with Gasteiger partial charge in [-0.3, -0.25) is 0 Å². The molecule has 150 valence electrons. The molecule has 0 aliphatic heterocycles. The molecule has 0 saturated heterocycles. The van der Waals surface area contributed by atoms with E-state index in [2.05, 4.69) is 36.0 Å². The molecule has 0 amide bonds. The van der Waals surface area contributed by atoms with Crippen LogP contribution in [0, 0.1) is 0 Å². The normalized spacial score (nSPS) is 11.0. The Labute approximate surface area is 173 Å². The number of ether oxygens (including phenoxy) is 1. The molecule has 0 unspecified atom stereocenters. The second-order valence-corrected chi connectivity index (χ2v) is 7.13. The molecule has 0 spiro atoms. The van der Waals surface area contributed by atoms with Crippen LogP contribution in [0.3, 0.4) is 0 Å². The lowest BCUT2D eigenvalue weighted by Crippen LogP contribution is -2.30. The predicted molar refractivity (Wildman–Crippen MR) is 122 cm³/mol. The highest BCUT2D eigenvalue weighted by Gasteiger charge is 2.07. The summed E-state index contributed by atoms with van der Waals surface area (Å²) >= 11 is 5.16. The van der Waals surface area contributed by atoms with Crippen LogP contribution in [0.5, 0.6) is 5.75 Å². The molecule has 2 aromatic carbocycles. The molecule has 0 aliphatic rings. The first kappa shape index (κ1) is 21.7. The lowest BCUT2D eigenvalue weighted by atomic mass is 10.2. The first-order chi connectivity index (χ1) is 13.4. The molecular formula is C22H30N4OS. The Balaban J connectivity index is 2.05. The molecule has 6 heteroatoms. The van der Waals surface area contributed by atoms with Gasteiger partial charge < -0.3 is 15.4 Å². The number of nitrogens with two attached hydrogens (primary N) is 1. The van der Waals surface area contributed by atoms with E-state index in [0.29, 0.717) is 6.54 Å². The maximum Gasteiger partial charge on any atom is 0.187 e. The lowest BCUT2D eigenvalue weighted by Gasteiger charge is -2.21. The Morgan fingerprint density at radius 2 is 1.68 bits per heavy atom. The zero-order chi connectivity index (χ0) is 20.5. The summed E-state index contributed by atoms with van der Waals surface area (Å²) < 4.78 is 5.67. The van der Waals surface area contributed by atoms with Crippen LogP contribution in [0.2, 0.25) is 0 Å². The van der Waals surface area contributed by atoms with Crippen LogP contribution >= 0.6 is 12.2 Å². The van der Waals surface area contributed by atoms with Gasteiger partial charge in [-0.25, -0.2) is 5.01 Å². The van der Waals surface area contributed by atoms with E-state index >= 15 is 0 Å². The Hall–Kier alpha value is -2.60. The fourth-order valence-electron chi connectivity index (χ4n) is 2.79. The Morgan fingerprint density at radius 3 is 2.18 bits per heavy atom. The van der Waals surface area contributed by atoms with Crippen LogP contribution in [0.25, 0.3) is 0 Å². The molecule has 0 atom stereocenters. The molecule has 5 nitrogen and oxygen atoms in total. The molecule has 0 saturated carbocycles. The van der Waals surface area contributed by atoms with E-state index in [1.165, 1.54) is 5.69 Å². The van der Waals surface area contributed by atoms with Gasteiger partial charge in [0.25, 0.3) is 0 Å². The minimum atomic E-state index is 0.150. The number of anilines is 1. The van der Waals surface area contributed by atoms with Crippen molar-refractivity contribution in [3.63, 3.8) is 0 Å². The SMILES string of the molecule is CCN(CC)c1ccc(/C=N/N(Cc2ccc(OC(C)C)cc2)C(N)=S)cc1. The van der Waals surface area contributed by atoms with Gasteiger partial charge >= 0.3 is 0 Å². The minimum Gasteiger partial charge on any atom is -0.491 e. The molecule has 0 bridgehead atoms. The van der Waals surface area contributed by atoms with Crippen molar-refractivity contribution in [1.82, 2.24) is 5.01 Å². The molecule has 2 aromatic rings. The molecule has 0 aromatic heterocycles. The maximum absolute atomic E-state index is 5.86. The molecule has 0 radical (unpaired) electrons. The molecule has 0 heterocycles. The van der Waals surface area contributed by atoms with Crippen LogP contribution in [-0.2, 0) is 6.54 Å². The topological polar surface area (TPSA) is 54.1 Å². The van der Waals surface area contributed by atoms with Gasteiger partial charge in [0, 0.05) is 18.8 Å². The van der Waals surface area contributed by atoms with Crippen molar-refractivity contribution in [1.29, 1.82) is 0 Å². The summed E-state index contributed by atoms with van der Waals surface area (Å²) in [5, 5.41) is 6.32. The number of hydrazone groups is 1. The van der Waals surface area contributed by atoms with Crippen molar-refractivity contribution in [3.8, 4) is 5.75 Å². The Kier molecular flexibility index (Phi) is 8.26. The molecule has 2 rings (SSSR count). The van der Waals surface area contributed by atoms with Gasteiger partial charge in [-0.05, 0) is 75.3 Å².